The molecule has 104 valence electrons. The number of hydrogen-bond donors (Lipinski definition) is 2. The van der Waals surface area contributed by atoms with Crippen LogP contribution in [-0.2, 0) is 10.2 Å². The van der Waals surface area contributed by atoms with Crippen LogP contribution < -0.4 is 11.1 Å². The first-order chi connectivity index (χ1) is 9.39. The predicted molar refractivity (Wildman–Crippen MR) is 81.8 cm³/mol. The Hall–Kier alpha value is -2.07. The normalized spacial score (nSPS) is 11.2. The fourth-order valence-corrected chi connectivity index (χ4v) is 1.86. The van der Waals surface area contributed by atoms with Crippen molar-refractivity contribution in [2.45, 2.75) is 19.3 Å². The van der Waals surface area contributed by atoms with Crippen LogP contribution in [0.2, 0.25) is 5.02 Å². The fourth-order valence-electron chi connectivity index (χ4n) is 1.75. The van der Waals surface area contributed by atoms with Gasteiger partial charge in [-0.3, -0.25) is 4.79 Å². The minimum Gasteiger partial charge on any atom is -0.399 e. The maximum atomic E-state index is 12.4. The highest BCUT2D eigenvalue weighted by atomic mass is 35.5. The summed E-state index contributed by atoms with van der Waals surface area (Å²) in [5, 5.41) is 3.31. The van der Waals surface area contributed by atoms with Gasteiger partial charge in [0.2, 0.25) is 5.91 Å². The molecule has 0 saturated carbocycles. The van der Waals surface area contributed by atoms with Crippen molar-refractivity contribution in [2.24, 2.45) is 0 Å². The van der Waals surface area contributed by atoms with E-state index in [0.717, 1.165) is 5.56 Å². The first-order valence-corrected chi connectivity index (χ1v) is 6.56. The summed E-state index contributed by atoms with van der Waals surface area (Å²) < 4.78 is 0. The number of hydrogen-bond acceptors (Lipinski definition) is 3. The Labute approximate surface area is 123 Å². The molecule has 0 saturated heterocycles. The van der Waals surface area contributed by atoms with Gasteiger partial charge in [-0.2, -0.15) is 0 Å². The summed E-state index contributed by atoms with van der Waals surface area (Å²) in [6.45, 7) is 3.70. The fraction of sp³-hybridized carbons (Fsp3) is 0.200. The Kier molecular flexibility index (Phi) is 3.95. The van der Waals surface area contributed by atoms with Crippen LogP contribution in [0.25, 0.3) is 0 Å². The molecule has 0 atom stereocenters. The average Bonchev–Trinajstić information content (AvgIpc) is 2.42. The van der Waals surface area contributed by atoms with Gasteiger partial charge < -0.3 is 11.1 Å². The van der Waals surface area contributed by atoms with E-state index >= 15 is 0 Å². The van der Waals surface area contributed by atoms with Crippen molar-refractivity contribution in [1.29, 1.82) is 0 Å². The molecule has 0 bridgehead atoms. The molecule has 20 heavy (non-hydrogen) atoms. The zero-order valence-corrected chi connectivity index (χ0v) is 12.1. The van der Waals surface area contributed by atoms with E-state index in [1.54, 1.807) is 24.3 Å². The topological polar surface area (TPSA) is 68.0 Å². The summed E-state index contributed by atoms with van der Waals surface area (Å²) in [6.07, 6.45) is 1.49. The largest absolute Gasteiger partial charge is 0.399 e. The smallest absolute Gasteiger partial charge is 0.235 e. The lowest BCUT2D eigenvalue weighted by atomic mass is 9.83. The molecule has 0 radical (unpaired) electrons. The quantitative estimate of drug-likeness (QED) is 0.852. The van der Waals surface area contributed by atoms with Crippen LogP contribution in [0.4, 0.5) is 11.5 Å². The Morgan fingerprint density at radius 3 is 2.40 bits per heavy atom. The number of benzene rings is 1. The lowest BCUT2D eigenvalue weighted by molar-refractivity contribution is -0.120. The maximum Gasteiger partial charge on any atom is 0.235 e. The highest BCUT2D eigenvalue weighted by Gasteiger charge is 2.29. The molecular formula is C15H16ClN3O. The molecule has 4 nitrogen and oxygen atoms in total. The number of carbonyl (C=O) groups is 1. The predicted octanol–water partition coefficient (Wildman–Crippen LogP) is 3.23. The molecule has 1 amide bonds. The van der Waals surface area contributed by atoms with E-state index < -0.39 is 5.41 Å². The summed E-state index contributed by atoms with van der Waals surface area (Å²) in [5.41, 5.74) is 6.53. The second-order valence-electron chi connectivity index (χ2n) is 5.06. The zero-order chi connectivity index (χ0) is 14.8. The van der Waals surface area contributed by atoms with Gasteiger partial charge in [0.05, 0.1) is 10.4 Å². The standard InChI is InChI=1S/C15H16ClN3O/c1-15(2,10-3-6-12(17)7-4-10)14(20)19-13-8-5-11(16)9-18-13/h3-9H,17H2,1-2H3,(H,18,19,20). The number of pyridine rings is 1. The lowest BCUT2D eigenvalue weighted by Gasteiger charge is -2.24. The van der Waals surface area contributed by atoms with E-state index in [2.05, 4.69) is 10.3 Å². The van der Waals surface area contributed by atoms with E-state index in [1.807, 2.05) is 26.0 Å². The second-order valence-corrected chi connectivity index (χ2v) is 5.50. The first-order valence-electron chi connectivity index (χ1n) is 6.18. The number of halogens is 1. The number of anilines is 2. The Morgan fingerprint density at radius 1 is 1.20 bits per heavy atom. The zero-order valence-electron chi connectivity index (χ0n) is 11.4. The molecule has 0 fully saturated rings. The van der Waals surface area contributed by atoms with E-state index in [0.29, 0.717) is 16.5 Å². The van der Waals surface area contributed by atoms with Crippen LogP contribution in [0.3, 0.4) is 0 Å². The van der Waals surface area contributed by atoms with Crippen LogP contribution in [0, 0.1) is 0 Å². The minimum absolute atomic E-state index is 0.142. The molecule has 1 aromatic carbocycles. The highest BCUT2D eigenvalue weighted by Crippen LogP contribution is 2.25. The van der Waals surface area contributed by atoms with Crippen molar-refractivity contribution >= 4 is 29.0 Å². The molecular weight excluding hydrogens is 274 g/mol. The molecule has 0 unspecified atom stereocenters. The molecule has 1 aromatic heterocycles. The van der Waals surface area contributed by atoms with Crippen molar-refractivity contribution in [2.75, 3.05) is 11.1 Å². The van der Waals surface area contributed by atoms with E-state index in [9.17, 15) is 4.79 Å². The van der Waals surface area contributed by atoms with Crippen LogP contribution in [0.1, 0.15) is 19.4 Å². The minimum atomic E-state index is -0.685. The third kappa shape index (κ3) is 3.08. The summed E-state index contributed by atoms with van der Waals surface area (Å²) in [5.74, 6) is 0.333. The van der Waals surface area contributed by atoms with Gasteiger partial charge in [-0.15, -0.1) is 0 Å². The van der Waals surface area contributed by atoms with Crippen LogP contribution in [0.15, 0.2) is 42.6 Å². The molecule has 5 heteroatoms. The number of carbonyl (C=O) groups excluding carboxylic acids is 1. The third-order valence-electron chi connectivity index (χ3n) is 3.17. The number of nitrogens with zero attached hydrogens (tertiary/aromatic N) is 1. The number of aromatic nitrogens is 1. The number of nitrogens with two attached hydrogens (primary N) is 1. The van der Waals surface area contributed by atoms with Gasteiger partial charge in [0.1, 0.15) is 5.82 Å². The Bertz CT molecular complexity index is 606. The number of amides is 1. The maximum absolute atomic E-state index is 12.4. The van der Waals surface area contributed by atoms with Crippen molar-refractivity contribution in [3.05, 3.63) is 53.2 Å². The average molecular weight is 290 g/mol. The van der Waals surface area contributed by atoms with Gasteiger partial charge in [-0.25, -0.2) is 4.98 Å². The summed E-state index contributed by atoms with van der Waals surface area (Å²) in [7, 11) is 0. The van der Waals surface area contributed by atoms with Crippen molar-refractivity contribution in [3.8, 4) is 0 Å². The van der Waals surface area contributed by atoms with Gasteiger partial charge in [0, 0.05) is 11.9 Å². The lowest BCUT2D eigenvalue weighted by Crippen LogP contribution is -2.34. The number of rotatable bonds is 3. The summed E-state index contributed by atoms with van der Waals surface area (Å²) in [4.78, 5) is 16.4. The summed E-state index contributed by atoms with van der Waals surface area (Å²) in [6, 6.07) is 10.6. The van der Waals surface area contributed by atoms with Crippen LogP contribution in [0.5, 0.6) is 0 Å². The van der Waals surface area contributed by atoms with E-state index in [4.69, 9.17) is 17.3 Å². The van der Waals surface area contributed by atoms with Crippen molar-refractivity contribution in [3.63, 3.8) is 0 Å². The molecule has 0 aliphatic rings. The van der Waals surface area contributed by atoms with E-state index in [-0.39, 0.29) is 5.91 Å². The molecule has 1 heterocycles. The molecule has 3 N–H and O–H groups in total. The first kappa shape index (κ1) is 14.3. The molecule has 2 rings (SSSR count). The molecule has 0 spiro atoms. The highest BCUT2D eigenvalue weighted by molar-refractivity contribution is 6.30. The van der Waals surface area contributed by atoms with Gasteiger partial charge >= 0.3 is 0 Å². The Morgan fingerprint density at radius 2 is 1.85 bits per heavy atom. The molecule has 0 aliphatic heterocycles. The summed E-state index contributed by atoms with van der Waals surface area (Å²) >= 11 is 5.76. The molecule has 2 aromatic rings. The van der Waals surface area contributed by atoms with Crippen molar-refractivity contribution < 1.29 is 4.79 Å². The van der Waals surface area contributed by atoms with Gasteiger partial charge in [-0.05, 0) is 43.7 Å². The van der Waals surface area contributed by atoms with Crippen LogP contribution in [-0.4, -0.2) is 10.9 Å². The SMILES string of the molecule is CC(C)(C(=O)Nc1ccc(Cl)cn1)c1ccc(N)cc1. The third-order valence-corrected chi connectivity index (χ3v) is 3.39. The van der Waals surface area contributed by atoms with Gasteiger partial charge in [0.15, 0.2) is 0 Å². The van der Waals surface area contributed by atoms with Crippen LogP contribution >= 0.6 is 11.6 Å². The van der Waals surface area contributed by atoms with Gasteiger partial charge in [-0.1, -0.05) is 23.7 Å². The van der Waals surface area contributed by atoms with Gasteiger partial charge in [0.25, 0.3) is 0 Å². The second kappa shape index (κ2) is 5.51. The monoisotopic (exact) mass is 289 g/mol. The number of nitrogen functional groups attached to an aromatic ring is 1. The number of nitrogens with one attached hydrogen (secondary N) is 1. The Balaban J connectivity index is 2.18. The van der Waals surface area contributed by atoms with E-state index in [1.165, 1.54) is 6.20 Å². The molecule has 0 aliphatic carbocycles. The van der Waals surface area contributed by atoms with Crippen molar-refractivity contribution in [1.82, 2.24) is 4.98 Å².